The summed E-state index contributed by atoms with van der Waals surface area (Å²) in [5, 5.41) is 12.2. The van der Waals surface area contributed by atoms with E-state index in [0.29, 0.717) is 0 Å². The van der Waals surface area contributed by atoms with Crippen LogP contribution in [0.1, 0.15) is 0 Å². The van der Waals surface area contributed by atoms with Crippen LogP contribution in [0.15, 0.2) is 140 Å². The topological polar surface area (TPSA) is 0 Å². The van der Waals surface area contributed by atoms with Crippen LogP contribution in [0.4, 0.5) is 0 Å². The van der Waals surface area contributed by atoms with Crippen LogP contribution in [0.2, 0.25) is 0 Å². The van der Waals surface area contributed by atoms with E-state index in [1.807, 2.05) is 0 Å². The first-order chi connectivity index (χ1) is 17.7. The summed E-state index contributed by atoms with van der Waals surface area (Å²) < 4.78 is 0. The first kappa shape index (κ1) is 23.9. The van der Waals surface area contributed by atoms with Gasteiger partial charge in [0.2, 0.25) is 0 Å². The fraction of sp³-hybridized carbons (Fsp3) is 0.0286. The summed E-state index contributed by atoms with van der Waals surface area (Å²) in [6.07, 6.45) is 0. The lowest BCUT2D eigenvalue weighted by Crippen LogP contribution is -3.00. The zero-order valence-corrected chi connectivity index (χ0v) is 23.1. The van der Waals surface area contributed by atoms with Gasteiger partial charge in [-0.3, -0.25) is 0 Å². The average Bonchev–Trinajstić information content (AvgIpc) is 2.96. The molecule has 0 saturated heterocycles. The first-order valence-corrected chi connectivity index (χ1v) is 14.7. The van der Waals surface area contributed by atoms with Gasteiger partial charge in [-0.2, -0.15) is 0 Å². The van der Waals surface area contributed by atoms with E-state index in [1.54, 1.807) is 0 Å². The van der Waals surface area contributed by atoms with Crippen molar-refractivity contribution in [1.29, 1.82) is 0 Å². The van der Waals surface area contributed by atoms with Crippen LogP contribution in [-0.2, 0) is 0 Å². The number of halogens is 1. The maximum absolute atomic E-state index is 2.48. The van der Waals surface area contributed by atoms with Crippen LogP contribution in [0.25, 0.3) is 43.4 Å². The van der Waals surface area contributed by atoms with Crippen LogP contribution in [0, 0.1) is 0 Å². The van der Waals surface area contributed by atoms with Gasteiger partial charge in [0.05, 0.1) is 6.66 Å². The first-order valence-electron chi connectivity index (χ1n) is 12.5. The molecule has 7 aromatic rings. The quantitative estimate of drug-likeness (QED) is 0.207. The third kappa shape index (κ3) is 3.69. The van der Waals surface area contributed by atoms with E-state index in [1.165, 1.54) is 59.4 Å². The van der Waals surface area contributed by atoms with Gasteiger partial charge in [0, 0.05) is 5.56 Å². The molecule has 7 aromatic carbocycles. The molecule has 0 heterocycles. The Balaban J connectivity index is 0.00000252. The second kappa shape index (κ2) is 9.42. The van der Waals surface area contributed by atoms with Crippen LogP contribution in [0.5, 0.6) is 0 Å². The normalized spacial score (nSPS) is 11.7. The van der Waals surface area contributed by atoms with E-state index >= 15 is 0 Å². The molecule has 178 valence electrons. The molecule has 0 fully saturated rings. The summed E-state index contributed by atoms with van der Waals surface area (Å²) in [6.45, 7) is 2.48. The summed E-state index contributed by atoms with van der Waals surface area (Å²) >= 11 is 0. The number of benzene rings is 7. The zero-order chi connectivity index (χ0) is 24.1. The van der Waals surface area contributed by atoms with Gasteiger partial charge < -0.3 is 17.0 Å². The lowest BCUT2D eigenvalue weighted by Gasteiger charge is -2.26. The number of rotatable bonds is 4. The Morgan fingerprint density at radius 1 is 0.405 bits per heavy atom. The minimum Gasteiger partial charge on any atom is -1.00 e. The SMILES string of the molecule is C[P+](c1ccccc1)(c1ccccc1)c1ccccc1-c1ccc2ccc3cccc4ccc1c2c34.[Br-]. The molecule has 7 rings (SSSR count). The molecule has 0 atom stereocenters. The van der Waals surface area contributed by atoms with Gasteiger partial charge in [0.15, 0.2) is 0 Å². The Kier molecular flexibility index (Phi) is 6.07. The Labute approximate surface area is 229 Å². The van der Waals surface area contributed by atoms with Gasteiger partial charge in [-0.15, -0.1) is 0 Å². The molecule has 0 bridgehead atoms. The Morgan fingerprint density at radius 3 is 1.57 bits per heavy atom. The molecule has 0 N–H and O–H groups in total. The third-order valence-electron chi connectivity index (χ3n) is 7.75. The van der Waals surface area contributed by atoms with Crippen molar-refractivity contribution in [3.05, 3.63) is 140 Å². The maximum atomic E-state index is 2.48. The predicted octanol–water partition coefficient (Wildman–Crippen LogP) is 5.18. The fourth-order valence-electron chi connectivity index (χ4n) is 5.94. The van der Waals surface area contributed by atoms with E-state index in [-0.39, 0.29) is 17.0 Å². The summed E-state index contributed by atoms with van der Waals surface area (Å²) in [6, 6.07) is 51.7. The molecule has 0 aliphatic heterocycles. The maximum Gasteiger partial charge on any atom is 0.112 e. The highest BCUT2D eigenvalue weighted by molar-refractivity contribution is 7.95. The molecule has 0 amide bonds. The van der Waals surface area contributed by atoms with E-state index in [4.69, 9.17) is 0 Å². The highest BCUT2D eigenvalue weighted by atomic mass is 79.9. The third-order valence-corrected chi connectivity index (χ3v) is 11.8. The lowest BCUT2D eigenvalue weighted by atomic mass is 9.90. The molecule has 2 heteroatoms. The van der Waals surface area contributed by atoms with Crippen molar-refractivity contribution in [3.63, 3.8) is 0 Å². The average molecular weight is 557 g/mol. The van der Waals surface area contributed by atoms with Gasteiger partial charge in [-0.1, -0.05) is 109 Å². The smallest absolute Gasteiger partial charge is 0.112 e. The van der Waals surface area contributed by atoms with Crippen molar-refractivity contribution < 1.29 is 17.0 Å². The van der Waals surface area contributed by atoms with Gasteiger partial charge in [-0.25, -0.2) is 0 Å². The van der Waals surface area contributed by atoms with Crippen LogP contribution in [0.3, 0.4) is 0 Å². The molecule has 0 nitrogen and oxygen atoms in total. The van der Waals surface area contributed by atoms with E-state index < -0.39 is 7.26 Å². The highest BCUT2D eigenvalue weighted by Crippen LogP contribution is 2.54. The van der Waals surface area contributed by atoms with Crippen molar-refractivity contribution in [2.45, 2.75) is 0 Å². The van der Waals surface area contributed by atoms with Crippen LogP contribution in [-0.4, -0.2) is 6.66 Å². The molecular weight excluding hydrogens is 531 g/mol. The Hall–Kier alpha value is -3.51. The minimum atomic E-state index is -1.88. The molecule has 0 unspecified atom stereocenters. The van der Waals surface area contributed by atoms with Crippen molar-refractivity contribution in [1.82, 2.24) is 0 Å². The highest BCUT2D eigenvalue weighted by Gasteiger charge is 2.42. The van der Waals surface area contributed by atoms with Gasteiger partial charge in [0.25, 0.3) is 0 Å². The van der Waals surface area contributed by atoms with E-state index in [9.17, 15) is 0 Å². The molecule has 0 spiro atoms. The Morgan fingerprint density at radius 2 is 0.919 bits per heavy atom. The lowest BCUT2D eigenvalue weighted by molar-refractivity contribution is -0.00000670. The van der Waals surface area contributed by atoms with Gasteiger partial charge >= 0.3 is 0 Å². The number of hydrogen-bond acceptors (Lipinski definition) is 0. The summed E-state index contributed by atoms with van der Waals surface area (Å²) in [7, 11) is -1.88. The molecule has 0 saturated carbocycles. The second-order valence-electron chi connectivity index (χ2n) is 9.66. The van der Waals surface area contributed by atoms with Crippen molar-refractivity contribution in [3.8, 4) is 11.1 Å². The summed E-state index contributed by atoms with van der Waals surface area (Å²) in [5.41, 5.74) is 2.65. The van der Waals surface area contributed by atoms with Crippen molar-refractivity contribution in [2.24, 2.45) is 0 Å². The van der Waals surface area contributed by atoms with Crippen LogP contribution < -0.4 is 32.9 Å². The second-order valence-corrected chi connectivity index (χ2v) is 13.2. The zero-order valence-electron chi connectivity index (χ0n) is 20.6. The minimum absolute atomic E-state index is 0. The van der Waals surface area contributed by atoms with Crippen molar-refractivity contribution in [2.75, 3.05) is 6.66 Å². The van der Waals surface area contributed by atoms with Gasteiger partial charge in [-0.05, 0) is 68.2 Å². The summed E-state index contributed by atoms with van der Waals surface area (Å²) in [5.74, 6) is 0. The monoisotopic (exact) mass is 556 g/mol. The Bertz CT molecular complexity index is 1790. The number of hydrogen-bond donors (Lipinski definition) is 0. The summed E-state index contributed by atoms with van der Waals surface area (Å²) in [4.78, 5) is 0. The standard InChI is InChI=1S/C35H26P.BrH/c1-36(28-13-4-2-5-14-28,29-15-6-3-7-16-29)33-18-9-8-17-31(33)30-23-21-27-20-19-25-11-10-12-26-22-24-32(30)35(27)34(25)26;/h2-24H,1H3;1H/q+1;/p-1. The molecule has 37 heavy (non-hydrogen) atoms. The predicted molar refractivity (Wildman–Crippen MR) is 160 cm³/mol. The van der Waals surface area contributed by atoms with E-state index in [2.05, 4.69) is 146 Å². The van der Waals surface area contributed by atoms with Crippen LogP contribution >= 0.6 is 7.26 Å². The molecule has 0 aliphatic rings. The molecule has 0 radical (unpaired) electrons. The van der Waals surface area contributed by atoms with Crippen molar-refractivity contribution >= 4 is 55.5 Å². The molecule has 0 aliphatic carbocycles. The van der Waals surface area contributed by atoms with Gasteiger partial charge in [0.1, 0.15) is 23.2 Å². The van der Waals surface area contributed by atoms with E-state index in [0.717, 1.165) is 0 Å². The fourth-order valence-corrected chi connectivity index (χ4v) is 9.39. The largest absolute Gasteiger partial charge is 1.00 e. The molecular formula is C35H26BrP. The molecule has 0 aromatic heterocycles.